The number of benzene rings is 1. The lowest BCUT2D eigenvalue weighted by Crippen LogP contribution is -2.22. The molecule has 0 bridgehead atoms. The molecule has 0 aromatic heterocycles. The number of anilines is 2. The van der Waals surface area contributed by atoms with Crippen molar-refractivity contribution >= 4 is 24.9 Å². The van der Waals surface area contributed by atoms with Gasteiger partial charge in [-0.25, -0.2) is 0 Å². The fourth-order valence-corrected chi connectivity index (χ4v) is 1.96. The summed E-state index contributed by atoms with van der Waals surface area (Å²) in [5.41, 5.74) is 4.66. The van der Waals surface area contributed by atoms with Crippen molar-refractivity contribution in [3.05, 3.63) is 23.8 Å². The van der Waals surface area contributed by atoms with E-state index in [1.807, 2.05) is 0 Å². The maximum atomic E-state index is 12.6. The van der Waals surface area contributed by atoms with Crippen LogP contribution in [0.2, 0.25) is 0 Å². The van der Waals surface area contributed by atoms with Crippen LogP contribution in [-0.4, -0.2) is 24.3 Å². The monoisotopic (exact) mass is 280 g/mol. The predicted molar refractivity (Wildman–Crippen MR) is 69.1 cm³/mol. The number of nitrogens with zero attached hydrogens (tertiary/aromatic N) is 1. The molecule has 0 unspecified atom stereocenters. The molecule has 0 saturated carbocycles. The van der Waals surface area contributed by atoms with E-state index in [4.69, 9.17) is 5.73 Å². The van der Waals surface area contributed by atoms with Crippen molar-refractivity contribution < 1.29 is 18.3 Å². The van der Waals surface area contributed by atoms with E-state index in [1.54, 1.807) is 11.0 Å². The molecular formula is C11H15F3N2OS. The van der Waals surface area contributed by atoms with Crippen LogP contribution in [0.1, 0.15) is 12.0 Å². The molecule has 1 atom stereocenters. The second kappa shape index (κ2) is 5.27. The van der Waals surface area contributed by atoms with Gasteiger partial charge in [0.2, 0.25) is 0 Å². The Kier molecular flexibility index (Phi) is 4.39. The minimum Gasteiger partial charge on any atom is -0.398 e. The first-order valence-corrected chi connectivity index (χ1v) is 5.27. The van der Waals surface area contributed by atoms with Gasteiger partial charge in [0.05, 0.1) is 11.7 Å². The molecule has 1 aliphatic rings. The van der Waals surface area contributed by atoms with Gasteiger partial charge >= 0.3 is 6.18 Å². The zero-order valence-corrected chi connectivity index (χ0v) is 10.5. The van der Waals surface area contributed by atoms with Crippen LogP contribution in [0.15, 0.2) is 18.2 Å². The zero-order valence-electron chi connectivity index (χ0n) is 9.54. The Morgan fingerprint density at radius 3 is 2.50 bits per heavy atom. The van der Waals surface area contributed by atoms with Crippen LogP contribution in [0.3, 0.4) is 0 Å². The fraction of sp³-hybridized carbons (Fsp3) is 0.455. The average molecular weight is 280 g/mol. The molecule has 3 N–H and O–H groups in total. The van der Waals surface area contributed by atoms with Crippen LogP contribution in [-0.2, 0) is 6.18 Å². The molecule has 0 radical (unpaired) electrons. The van der Waals surface area contributed by atoms with E-state index >= 15 is 0 Å². The Morgan fingerprint density at radius 2 is 2.00 bits per heavy atom. The normalized spacial score (nSPS) is 19.8. The number of nitrogen functional groups attached to an aromatic ring is 1. The third-order valence-corrected chi connectivity index (χ3v) is 2.87. The maximum Gasteiger partial charge on any atom is 0.418 e. The molecule has 7 heteroatoms. The number of β-amino-alcohol motifs (C(OH)–C–C–N with tert-alkyl or cyclic N) is 1. The highest BCUT2D eigenvalue weighted by Gasteiger charge is 2.34. The second-order valence-corrected chi connectivity index (χ2v) is 4.16. The Balaban J connectivity index is 0.00000162. The third-order valence-electron chi connectivity index (χ3n) is 2.87. The molecule has 1 aromatic rings. The van der Waals surface area contributed by atoms with Gasteiger partial charge in [-0.05, 0) is 24.6 Å². The summed E-state index contributed by atoms with van der Waals surface area (Å²) in [4.78, 5) is 1.72. The fourth-order valence-electron chi connectivity index (χ4n) is 1.96. The van der Waals surface area contributed by atoms with Crippen LogP contribution in [0.4, 0.5) is 24.5 Å². The first kappa shape index (κ1) is 15.0. The van der Waals surface area contributed by atoms with Gasteiger partial charge in [0, 0.05) is 24.5 Å². The lowest BCUT2D eigenvalue weighted by Gasteiger charge is -2.20. The van der Waals surface area contributed by atoms with E-state index in [2.05, 4.69) is 0 Å². The zero-order chi connectivity index (χ0) is 12.6. The second-order valence-electron chi connectivity index (χ2n) is 4.16. The van der Waals surface area contributed by atoms with Gasteiger partial charge in [0.1, 0.15) is 0 Å². The lowest BCUT2D eigenvalue weighted by atomic mass is 10.1. The number of halogens is 3. The third kappa shape index (κ3) is 3.02. The van der Waals surface area contributed by atoms with E-state index in [0.717, 1.165) is 6.07 Å². The quantitative estimate of drug-likeness (QED) is 0.773. The van der Waals surface area contributed by atoms with Crippen LogP contribution >= 0.6 is 13.5 Å². The largest absolute Gasteiger partial charge is 0.418 e. The van der Waals surface area contributed by atoms with Gasteiger partial charge < -0.3 is 15.7 Å². The molecule has 1 saturated heterocycles. The molecule has 1 aromatic carbocycles. The van der Waals surface area contributed by atoms with Crippen molar-refractivity contribution in [2.75, 3.05) is 23.7 Å². The summed E-state index contributed by atoms with van der Waals surface area (Å²) in [6.45, 7) is 0.920. The van der Waals surface area contributed by atoms with Crippen molar-refractivity contribution in [1.82, 2.24) is 0 Å². The van der Waals surface area contributed by atoms with Gasteiger partial charge in [0.25, 0.3) is 0 Å². The lowest BCUT2D eigenvalue weighted by molar-refractivity contribution is -0.136. The molecule has 18 heavy (non-hydrogen) atoms. The number of hydrogen-bond acceptors (Lipinski definition) is 3. The highest BCUT2D eigenvalue weighted by atomic mass is 32.1. The predicted octanol–water partition coefficient (Wildman–Crippen LogP) is 1.97. The van der Waals surface area contributed by atoms with Crippen molar-refractivity contribution in [3.63, 3.8) is 0 Å². The summed E-state index contributed by atoms with van der Waals surface area (Å²) < 4.78 is 37.9. The molecule has 3 nitrogen and oxygen atoms in total. The standard InChI is InChI=1S/C11H13F3N2O.H2S/c12-11(13,14)9-5-7(1-2-10(9)15)16-4-3-8(17)6-16;/h1-2,5,8,17H,3-4,6,15H2;1H2/t8-;/m0./s1. The first-order valence-electron chi connectivity index (χ1n) is 5.27. The highest BCUT2D eigenvalue weighted by Crippen LogP contribution is 2.36. The summed E-state index contributed by atoms with van der Waals surface area (Å²) in [6.07, 6.45) is -4.34. The Hall–Kier alpha value is -1.08. The number of aliphatic hydroxyl groups excluding tert-OH is 1. The number of alkyl halides is 3. The number of rotatable bonds is 1. The van der Waals surface area contributed by atoms with Gasteiger partial charge in [-0.2, -0.15) is 26.7 Å². The Labute approximate surface area is 110 Å². The Bertz CT molecular complexity index is 425. The van der Waals surface area contributed by atoms with Crippen molar-refractivity contribution in [3.8, 4) is 0 Å². The van der Waals surface area contributed by atoms with Crippen molar-refractivity contribution in [2.45, 2.75) is 18.7 Å². The van der Waals surface area contributed by atoms with Crippen LogP contribution < -0.4 is 10.6 Å². The summed E-state index contributed by atoms with van der Waals surface area (Å²) in [7, 11) is 0. The molecule has 1 fully saturated rings. The summed E-state index contributed by atoms with van der Waals surface area (Å²) in [5, 5.41) is 9.36. The van der Waals surface area contributed by atoms with E-state index in [-0.39, 0.29) is 19.2 Å². The van der Waals surface area contributed by atoms with Crippen LogP contribution in [0, 0.1) is 0 Å². The molecule has 2 rings (SSSR count). The van der Waals surface area contributed by atoms with Crippen LogP contribution in [0.5, 0.6) is 0 Å². The van der Waals surface area contributed by atoms with E-state index < -0.39 is 17.8 Å². The maximum absolute atomic E-state index is 12.6. The SMILES string of the molecule is Nc1ccc(N2CC[C@H](O)C2)cc1C(F)(F)F.S. The van der Waals surface area contributed by atoms with E-state index in [1.165, 1.54) is 6.07 Å². The van der Waals surface area contributed by atoms with Crippen molar-refractivity contribution in [1.29, 1.82) is 0 Å². The molecular weight excluding hydrogens is 265 g/mol. The molecule has 1 heterocycles. The topological polar surface area (TPSA) is 49.5 Å². The van der Waals surface area contributed by atoms with Crippen molar-refractivity contribution in [2.24, 2.45) is 0 Å². The van der Waals surface area contributed by atoms with Crippen LogP contribution in [0.25, 0.3) is 0 Å². The smallest absolute Gasteiger partial charge is 0.398 e. The highest BCUT2D eigenvalue weighted by molar-refractivity contribution is 7.59. The molecule has 102 valence electrons. The molecule has 0 aliphatic carbocycles. The van der Waals surface area contributed by atoms with Gasteiger partial charge in [-0.3, -0.25) is 0 Å². The van der Waals surface area contributed by atoms with E-state index in [0.29, 0.717) is 25.2 Å². The Morgan fingerprint density at radius 1 is 1.33 bits per heavy atom. The number of nitrogens with two attached hydrogens (primary N) is 1. The van der Waals surface area contributed by atoms with Gasteiger partial charge in [-0.1, -0.05) is 0 Å². The first-order chi connectivity index (χ1) is 7.88. The van der Waals surface area contributed by atoms with Gasteiger partial charge in [0.15, 0.2) is 0 Å². The molecule has 0 spiro atoms. The minimum atomic E-state index is -4.45. The summed E-state index contributed by atoms with van der Waals surface area (Å²) in [6, 6.07) is 3.83. The average Bonchev–Trinajstić information content (AvgIpc) is 2.64. The van der Waals surface area contributed by atoms with E-state index in [9.17, 15) is 18.3 Å². The minimum absolute atomic E-state index is 0. The summed E-state index contributed by atoms with van der Waals surface area (Å²) >= 11 is 0. The number of aliphatic hydroxyl groups is 1. The summed E-state index contributed by atoms with van der Waals surface area (Å²) in [5.74, 6) is 0. The number of hydrogen-bond donors (Lipinski definition) is 2. The molecule has 1 aliphatic heterocycles. The molecule has 0 amide bonds. The van der Waals surface area contributed by atoms with Gasteiger partial charge in [-0.15, -0.1) is 0 Å².